The van der Waals surface area contributed by atoms with Crippen molar-refractivity contribution in [2.75, 3.05) is 32.1 Å². The molecule has 0 spiro atoms. The van der Waals surface area contributed by atoms with Crippen LogP contribution < -0.4 is 10.6 Å². The van der Waals surface area contributed by atoms with E-state index < -0.39 is 0 Å². The highest BCUT2D eigenvalue weighted by Crippen LogP contribution is 2.06. The Morgan fingerprint density at radius 2 is 2.15 bits per heavy atom. The molecule has 2 rings (SSSR count). The van der Waals surface area contributed by atoms with Crippen LogP contribution in [0, 0.1) is 0 Å². The number of ether oxygens (including phenoxy) is 1. The van der Waals surface area contributed by atoms with Crippen LogP contribution in [0.4, 0.5) is 5.95 Å². The van der Waals surface area contributed by atoms with Gasteiger partial charge in [0.2, 0.25) is 11.9 Å². The van der Waals surface area contributed by atoms with Crippen LogP contribution in [0.15, 0.2) is 24.4 Å². The van der Waals surface area contributed by atoms with Crippen LogP contribution in [0.25, 0.3) is 5.65 Å². The fraction of sp³-hybridized carbons (Fsp3) is 0.364. The lowest BCUT2D eigenvalue weighted by Crippen LogP contribution is -2.30. The van der Waals surface area contributed by atoms with Crippen LogP contribution in [-0.2, 0) is 9.53 Å². The molecule has 0 aliphatic heterocycles. The number of carbonyl (C=O) groups is 1. The summed E-state index contributed by atoms with van der Waals surface area (Å²) in [6.07, 6.45) is 1.79. The van der Waals surface area contributed by atoms with E-state index in [1.54, 1.807) is 17.7 Å². The van der Waals surface area contributed by atoms with E-state index in [1.165, 1.54) is 0 Å². The van der Waals surface area contributed by atoms with Gasteiger partial charge >= 0.3 is 0 Å². The Hall–Kier alpha value is -1.41. The molecule has 1 amide bonds. The third-order valence-corrected chi connectivity index (χ3v) is 2.33. The zero-order valence-electron chi connectivity index (χ0n) is 10.9. The number of halogens is 2. The van der Waals surface area contributed by atoms with E-state index in [2.05, 4.69) is 20.8 Å². The molecule has 0 aliphatic carbocycles. The van der Waals surface area contributed by atoms with Gasteiger partial charge in [-0.15, -0.1) is 35.0 Å². The number of amides is 1. The van der Waals surface area contributed by atoms with Crippen molar-refractivity contribution in [3.63, 3.8) is 0 Å². The lowest BCUT2D eigenvalue weighted by Gasteiger charge is -2.04. The van der Waals surface area contributed by atoms with Gasteiger partial charge in [0.15, 0.2) is 5.65 Å². The summed E-state index contributed by atoms with van der Waals surface area (Å²) in [7, 11) is 1.62. The summed E-state index contributed by atoms with van der Waals surface area (Å²) in [5.74, 6) is 0.258. The molecule has 0 bridgehead atoms. The van der Waals surface area contributed by atoms with Crippen molar-refractivity contribution in [3.8, 4) is 0 Å². The zero-order chi connectivity index (χ0) is 12.8. The van der Waals surface area contributed by atoms with Gasteiger partial charge in [-0.3, -0.25) is 14.5 Å². The van der Waals surface area contributed by atoms with E-state index >= 15 is 0 Å². The lowest BCUT2D eigenvalue weighted by molar-refractivity contribution is -0.115. The fourth-order valence-corrected chi connectivity index (χ4v) is 1.47. The Balaban J connectivity index is 0.00000180. The van der Waals surface area contributed by atoms with Crippen molar-refractivity contribution in [2.24, 2.45) is 0 Å². The molecule has 0 aromatic carbocycles. The molecule has 2 aromatic rings. The number of anilines is 1. The number of rotatable bonds is 6. The van der Waals surface area contributed by atoms with Crippen LogP contribution in [0.1, 0.15) is 0 Å². The molecule has 0 atom stereocenters. The molecule has 0 unspecified atom stereocenters. The number of pyridine rings is 1. The van der Waals surface area contributed by atoms with Crippen LogP contribution in [0.2, 0.25) is 0 Å². The van der Waals surface area contributed by atoms with Crippen molar-refractivity contribution >= 4 is 42.3 Å². The minimum Gasteiger partial charge on any atom is -0.383 e. The SMILES string of the molecule is COCCNCC(=O)Nc1nnc2ccccn12.Cl.Cl. The number of carbonyl (C=O) groups excluding carboxylic acids is 1. The maximum atomic E-state index is 11.6. The maximum absolute atomic E-state index is 11.6. The van der Waals surface area contributed by atoms with Crippen LogP contribution in [0.5, 0.6) is 0 Å². The first-order chi connectivity index (χ1) is 8.81. The Labute approximate surface area is 128 Å². The number of nitrogens with one attached hydrogen (secondary N) is 2. The van der Waals surface area contributed by atoms with Gasteiger partial charge in [-0.2, -0.15) is 0 Å². The predicted molar refractivity (Wildman–Crippen MR) is 80.9 cm³/mol. The highest BCUT2D eigenvalue weighted by atomic mass is 35.5. The molecule has 0 radical (unpaired) electrons. The van der Waals surface area contributed by atoms with Gasteiger partial charge in [-0.05, 0) is 12.1 Å². The molecule has 9 heteroatoms. The average molecular weight is 322 g/mol. The van der Waals surface area contributed by atoms with Crippen molar-refractivity contribution in [2.45, 2.75) is 0 Å². The minimum atomic E-state index is -0.163. The highest BCUT2D eigenvalue weighted by Gasteiger charge is 2.07. The molecule has 0 saturated heterocycles. The lowest BCUT2D eigenvalue weighted by atomic mass is 10.5. The van der Waals surface area contributed by atoms with Crippen LogP contribution >= 0.6 is 24.8 Å². The van der Waals surface area contributed by atoms with E-state index in [4.69, 9.17) is 4.74 Å². The van der Waals surface area contributed by atoms with Gasteiger partial charge in [-0.25, -0.2) is 0 Å². The predicted octanol–water partition coefficient (Wildman–Crippen LogP) is 0.747. The topological polar surface area (TPSA) is 80.5 Å². The number of hydrogen-bond donors (Lipinski definition) is 2. The summed E-state index contributed by atoms with van der Waals surface area (Å²) < 4.78 is 6.58. The summed E-state index contributed by atoms with van der Waals surface area (Å²) in [4.78, 5) is 11.6. The third kappa shape index (κ3) is 4.93. The normalized spacial score (nSPS) is 9.65. The standard InChI is InChI=1S/C11H15N5O2.2ClH/c1-18-7-5-12-8-10(17)13-11-15-14-9-4-2-3-6-16(9)11;;/h2-4,6,12H,5,7-8H2,1H3,(H,13,15,17);2*1H. The summed E-state index contributed by atoms with van der Waals surface area (Å²) in [6.45, 7) is 1.41. The Morgan fingerprint density at radius 3 is 2.90 bits per heavy atom. The molecule has 7 nitrogen and oxygen atoms in total. The van der Waals surface area contributed by atoms with E-state index in [1.807, 2.05) is 18.2 Å². The van der Waals surface area contributed by atoms with Gasteiger partial charge < -0.3 is 10.1 Å². The minimum absolute atomic E-state index is 0. The van der Waals surface area contributed by atoms with Crippen molar-refractivity contribution < 1.29 is 9.53 Å². The highest BCUT2D eigenvalue weighted by molar-refractivity contribution is 5.90. The van der Waals surface area contributed by atoms with Gasteiger partial charge in [0, 0.05) is 19.9 Å². The van der Waals surface area contributed by atoms with E-state index in [0.717, 1.165) is 0 Å². The first kappa shape index (κ1) is 18.6. The Bertz CT molecular complexity index is 534. The van der Waals surface area contributed by atoms with E-state index in [0.29, 0.717) is 24.7 Å². The van der Waals surface area contributed by atoms with Crippen molar-refractivity contribution in [1.29, 1.82) is 0 Å². The Kier molecular flexibility index (Phi) is 8.82. The van der Waals surface area contributed by atoms with Crippen LogP contribution in [-0.4, -0.2) is 47.3 Å². The molecular formula is C11H17Cl2N5O2. The maximum Gasteiger partial charge on any atom is 0.240 e. The molecule has 2 aromatic heterocycles. The van der Waals surface area contributed by atoms with Gasteiger partial charge in [0.25, 0.3) is 0 Å². The first-order valence-corrected chi connectivity index (χ1v) is 5.60. The molecule has 0 saturated carbocycles. The summed E-state index contributed by atoms with van der Waals surface area (Å²) >= 11 is 0. The molecule has 20 heavy (non-hydrogen) atoms. The summed E-state index contributed by atoms with van der Waals surface area (Å²) in [5.41, 5.74) is 0.695. The Morgan fingerprint density at radius 1 is 1.35 bits per heavy atom. The largest absolute Gasteiger partial charge is 0.383 e. The van der Waals surface area contributed by atoms with Gasteiger partial charge in [0.05, 0.1) is 13.2 Å². The zero-order valence-corrected chi connectivity index (χ0v) is 12.5. The smallest absolute Gasteiger partial charge is 0.240 e. The molecule has 2 heterocycles. The number of nitrogens with zero attached hydrogens (tertiary/aromatic N) is 3. The second-order valence-electron chi connectivity index (χ2n) is 3.67. The summed E-state index contributed by atoms with van der Waals surface area (Å²) in [5, 5.41) is 13.5. The second-order valence-corrected chi connectivity index (χ2v) is 3.67. The number of hydrogen-bond acceptors (Lipinski definition) is 5. The molecule has 112 valence electrons. The van der Waals surface area contributed by atoms with E-state index in [9.17, 15) is 4.79 Å². The van der Waals surface area contributed by atoms with Crippen molar-refractivity contribution in [3.05, 3.63) is 24.4 Å². The fourth-order valence-electron chi connectivity index (χ4n) is 1.47. The van der Waals surface area contributed by atoms with Gasteiger partial charge in [0.1, 0.15) is 0 Å². The third-order valence-electron chi connectivity index (χ3n) is 2.33. The number of fused-ring (bicyclic) bond motifs is 1. The quantitative estimate of drug-likeness (QED) is 0.767. The number of methoxy groups -OCH3 is 1. The van der Waals surface area contributed by atoms with Crippen LogP contribution in [0.3, 0.4) is 0 Å². The monoisotopic (exact) mass is 321 g/mol. The molecule has 0 aliphatic rings. The summed E-state index contributed by atoms with van der Waals surface area (Å²) in [6, 6.07) is 5.53. The molecular weight excluding hydrogens is 305 g/mol. The van der Waals surface area contributed by atoms with Crippen molar-refractivity contribution in [1.82, 2.24) is 19.9 Å². The average Bonchev–Trinajstić information content (AvgIpc) is 2.78. The van der Waals surface area contributed by atoms with E-state index in [-0.39, 0.29) is 37.3 Å². The number of aromatic nitrogens is 3. The van der Waals surface area contributed by atoms with Gasteiger partial charge in [-0.1, -0.05) is 6.07 Å². The second kappa shape index (κ2) is 9.49. The molecule has 2 N–H and O–H groups in total. The first-order valence-electron chi connectivity index (χ1n) is 5.60. The molecule has 0 fully saturated rings.